The first kappa shape index (κ1) is 20.7. The van der Waals surface area contributed by atoms with Gasteiger partial charge in [0.25, 0.3) is 10.0 Å². The number of amides is 1. The van der Waals surface area contributed by atoms with Crippen LogP contribution in [0.1, 0.15) is 23.6 Å². The summed E-state index contributed by atoms with van der Waals surface area (Å²) in [6.07, 6.45) is 0. The van der Waals surface area contributed by atoms with Crippen molar-refractivity contribution < 1.29 is 22.0 Å². The van der Waals surface area contributed by atoms with Gasteiger partial charge in [0.1, 0.15) is 28.9 Å². The average molecular weight is 419 g/mol. The third kappa shape index (κ3) is 4.34. The highest BCUT2D eigenvalue weighted by Crippen LogP contribution is 2.30. The topological polar surface area (TPSA) is 87.6 Å². The van der Waals surface area contributed by atoms with Crippen molar-refractivity contribution >= 4 is 32.4 Å². The van der Waals surface area contributed by atoms with Gasteiger partial charge in [0.05, 0.1) is 5.69 Å². The van der Waals surface area contributed by atoms with Crippen LogP contribution in [-0.4, -0.2) is 26.7 Å². The molecule has 29 heavy (non-hydrogen) atoms. The summed E-state index contributed by atoms with van der Waals surface area (Å²) < 4.78 is 54.0. The Hall–Kier alpha value is -3.07. The van der Waals surface area contributed by atoms with Crippen LogP contribution in [0, 0.1) is 25.5 Å². The van der Waals surface area contributed by atoms with Gasteiger partial charge in [-0.3, -0.25) is 14.5 Å². The van der Waals surface area contributed by atoms with Crippen molar-refractivity contribution in [1.29, 1.82) is 0 Å². The zero-order valence-electron chi connectivity index (χ0n) is 16.0. The molecule has 6 nitrogen and oxygen atoms in total. The Bertz CT molecular complexity index is 1170. The van der Waals surface area contributed by atoms with Crippen molar-refractivity contribution in [2.45, 2.75) is 20.8 Å². The van der Waals surface area contributed by atoms with E-state index in [1.807, 2.05) is 19.9 Å². The highest BCUT2D eigenvalue weighted by molar-refractivity contribution is 8.00. The van der Waals surface area contributed by atoms with Crippen molar-refractivity contribution in [3.63, 3.8) is 0 Å². The van der Waals surface area contributed by atoms with Crippen LogP contribution in [-0.2, 0) is 14.8 Å². The second-order valence-corrected chi connectivity index (χ2v) is 8.32. The summed E-state index contributed by atoms with van der Waals surface area (Å²) in [6, 6.07) is 8.08. The van der Waals surface area contributed by atoms with Crippen LogP contribution >= 0.6 is 0 Å². The molecule has 0 unspecified atom stereocenters. The normalized spacial score (nSPS) is 16.8. The lowest BCUT2D eigenvalue weighted by atomic mass is 10.0. The van der Waals surface area contributed by atoms with Crippen molar-refractivity contribution in [1.82, 2.24) is 4.72 Å². The summed E-state index contributed by atoms with van der Waals surface area (Å²) in [5, 5.41) is 2.27. The van der Waals surface area contributed by atoms with Crippen LogP contribution < -0.4 is 10.0 Å². The predicted octanol–water partition coefficient (Wildman–Crippen LogP) is 3.28. The maximum absolute atomic E-state index is 13.6. The van der Waals surface area contributed by atoms with E-state index >= 15 is 0 Å². The number of aliphatic imine (C=N–C) groups is 1. The second kappa shape index (κ2) is 7.75. The Labute approximate surface area is 167 Å². The standard InChI is InChI=1S/C20H19F2N3O3S/c1-11-4-5-14(8-12(11)2)19-13(3)20(25-29(19,27)28)23-10-18(26)24-17-7-6-15(21)9-16(17)22/h4-9H,10H2,1-3H3,(H,23,25)(H,24,26). The Kier molecular flexibility index (Phi) is 5.52. The summed E-state index contributed by atoms with van der Waals surface area (Å²) in [6.45, 7) is 4.97. The number of rotatable bonds is 4. The van der Waals surface area contributed by atoms with Crippen LogP contribution in [0.5, 0.6) is 0 Å². The minimum absolute atomic E-state index is 0.0490. The molecule has 1 aliphatic rings. The Morgan fingerprint density at radius 2 is 1.79 bits per heavy atom. The number of halogens is 2. The molecule has 3 rings (SSSR count). The van der Waals surface area contributed by atoms with Crippen molar-refractivity contribution in [2.75, 3.05) is 11.9 Å². The fourth-order valence-corrected chi connectivity index (χ4v) is 4.41. The second-order valence-electron chi connectivity index (χ2n) is 6.70. The van der Waals surface area contributed by atoms with E-state index in [1.54, 1.807) is 19.1 Å². The lowest BCUT2D eigenvalue weighted by Crippen LogP contribution is -2.25. The number of hydrogen-bond acceptors (Lipinski definition) is 4. The lowest BCUT2D eigenvalue weighted by Gasteiger charge is -2.06. The molecule has 2 aromatic carbocycles. The zero-order valence-corrected chi connectivity index (χ0v) is 16.8. The molecule has 0 spiro atoms. The Balaban J connectivity index is 1.83. The van der Waals surface area contributed by atoms with Gasteiger partial charge in [-0.2, -0.15) is 0 Å². The van der Waals surface area contributed by atoms with E-state index in [0.29, 0.717) is 17.2 Å². The van der Waals surface area contributed by atoms with E-state index in [1.165, 1.54) is 0 Å². The van der Waals surface area contributed by atoms with E-state index in [-0.39, 0.29) is 16.4 Å². The maximum Gasteiger partial charge on any atom is 0.264 e. The van der Waals surface area contributed by atoms with Gasteiger partial charge in [-0.05, 0) is 49.6 Å². The van der Waals surface area contributed by atoms with Crippen molar-refractivity contribution in [2.24, 2.45) is 4.99 Å². The molecule has 9 heteroatoms. The molecule has 152 valence electrons. The molecule has 0 saturated heterocycles. The molecule has 0 bridgehead atoms. The summed E-state index contributed by atoms with van der Waals surface area (Å²) in [5.41, 5.74) is 2.71. The molecule has 0 radical (unpaired) electrons. The minimum Gasteiger partial charge on any atom is -0.322 e. The molecule has 1 amide bonds. The lowest BCUT2D eigenvalue weighted by molar-refractivity contribution is -0.114. The van der Waals surface area contributed by atoms with Gasteiger partial charge < -0.3 is 5.32 Å². The Morgan fingerprint density at radius 3 is 2.45 bits per heavy atom. The molecule has 0 fully saturated rings. The highest BCUT2D eigenvalue weighted by Gasteiger charge is 2.32. The number of carbonyl (C=O) groups is 1. The van der Waals surface area contributed by atoms with Crippen molar-refractivity contribution in [3.8, 4) is 0 Å². The number of hydrogen-bond donors (Lipinski definition) is 2. The number of aryl methyl sites for hydroxylation is 2. The van der Waals surface area contributed by atoms with Crippen LogP contribution in [0.3, 0.4) is 0 Å². The number of anilines is 1. The van der Waals surface area contributed by atoms with Gasteiger partial charge in [0.15, 0.2) is 0 Å². The highest BCUT2D eigenvalue weighted by atomic mass is 32.2. The maximum atomic E-state index is 13.6. The molecule has 2 aromatic rings. The smallest absolute Gasteiger partial charge is 0.264 e. The number of amidine groups is 1. The van der Waals surface area contributed by atoms with E-state index in [9.17, 15) is 22.0 Å². The van der Waals surface area contributed by atoms with Gasteiger partial charge in [-0.25, -0.2) is 17.2 Å². The molecule has 2 N–H and O–H groups in total. The molecule has 1 aliphatic heterocycles. The Morgan fingerprint density at radius 1 is 1.07 bits per heavy atom. The third-order valence-corrected chi connectivity index (χ3v) is 6.09. The molecular formula is C20H19F2N3O3S. The van der Waals surface area contributed by atoms with Gasteiger partial charge in [-0.1, -0.05) is 18.2 Å². The first-order chi connectivity index (χ1) is 13.6. The van der Waals surface area contributed by atoms with Crippen LogP contribution in [0.15, 0.2) is 47.0 Å². The van der Waals surface area contributed by atoms with Gasteiger partial charge in [0, 0.05) is 11.6 Å². The fourth-order valence-electron chi connectivity index (χ4n) is 2.90. The number of nitrogens with zero attached hydrogens (tertiary/aromatic N) is 1. The molecule has 0 aromatic heterocycles. The number of sulfonamides is 1. The number of benzene rings is 2. The SMILES string of the molecule is CC1=C(c2ccc(C)c(C)c2)S(=O)(=O)NC1=NCC(=O)Nc1ccc(F)cc1F. The van der Waals surface area contributed by atoms with Gasteiger partial charge >= 0.3 is 0 Å². The van der Waals surface area contributed by atoms with Crippen molar-refractivity contribution in [3.05, 3.63) is 70.3 Å². The first-order valence-electron chi connectivity index (χ1n) is 8.69. The number of carbonyl (C=O) groups excluding carboxylic acids is 1. The molecule has 0 atom stereocenters. The van der Waals surface area contributed by atoms with Gasteiger partial charge in [-0.15, -0.1) is 0 Å². The summed E-state index contributed by atoms with van der Waals surface area (Å²) in [7, 11) is -3.82. The third-order valence-electron chi connectivity index (χ3n) is 4.55. The summed E-state index contributed by atoms with van der Waals surface area (Å²) in [5.74, 6) is -2.30. The first-order valence-corrected chi connectivity index (χ1v) is 10.2. The summed E-state index contributed by atoms with van der Waals surface area (Å²) >= 11 is 0. The van der Waals surface area contributed by atoms with E-state index in [0.717, 1.165) is 23.3 Å². The summed E-state index contributed by atoms with van der Waals surface area (Å²) in [4.78, 5) is 16.2. The average Bonchev–Trinajstić information content (AvgIpc) is 2.87. The minimum atomic E-state index is -3.82. The van der Waals surface area contributed by atoms with Crippen LogP contribution in [0.25, 0.3) is 4.91 Å². The predicted molar refractivity (Wildman–Crippen MR) is 108 cm³/mol. The van der Waals surface area contributed by atoms with E-state index in [4.69, 9.17) is 0 Å². The van der Waals surface area contributed by atoms with Crippen LogP contribution in [0.4, 0.5) is 14.5 Å². The van der Waals surface area contributed by atoms with E-state index < -0.39 is 34.1 Å². The molecule has 0 aliphatic carbocycles. The molecular weight excluding hydrogens is 400 g/mol. The zero-order chi connectivity index (χ0) is 21.3. The molecule has 1 heterocycles. The monoisotopic (exact) mass is 419 g/mol. The molecule has 0 saturated carbocycles. The van der Waals surface area contributed by atoms with E-state index in [2.05, 4.69) is 15.0 Å². The van der Waals surface area contributed by atoms with Crippen LogP contribution in [0.2, 0.25) is 0 Å². The fraction of sp³-hybridized carbons (Fsp3) is 0.200. The largest absolute Gasteiger partial charge is 0.322 e. The van der Waals surface area contributed by atoms with Gasteiger partial charge in [0.2, 0.25) is 5.91 Å². The number of nitrogens with one attached hydrogen (secondary N) is 2. The quantitative estimate of drug-likeness (QED) is 0.797.